The zero-order valence-electron chi connectivity index (χ0n) is 16.8. The van der Waals surface area contributed by atoms with Gasteiger partial charge < -0.3 is 5.32 Å². The lowest BCUT2D eigenvalue weighted by molar-refractivity contribution is 0.160. The summed E-state index contributed by atoms with van der Waals surface area (Å²) in [5.41, 5.74) is 0.515. The molecule has 1 N–H and O–H groups in total. The van der Waals surface area contributed by atoms with Crippen LogP contribution in [-0.4, -0.2) is 12.6 Å². The van der Waals surface area contributed by atoms with Crippen LogP contribution < -0.4 is 5.32 Å². The maximum Gasteiger partial charge on any atom is 0.00672 e. The van der Waals surface area contributed by atoms with Gasteiger partial charge in [0, 0.05) is 6.04 Å². The van der Waals surface area contributed by atoms with Crippen molar-refractivity contribution in [1.29, 1.82) is 0 Å². The van der Waals surface area contributed by atoms with Crippen LogP contribution >= 0.6 is 0 Å². The van der Waals surface area contributed by atoms with Gasteiger partial charge in [0.2, 0.25) is 0 Å². The van der Waals surface area contributed by atoms with Gasteiger partial charge in [-0.15, -0.1) is 0 Å². The molecule has 0 aromatic rings. The van der Waals surface area contributed by atoms with E-state index >= 15 is 0 Å². The van der Waals surface area contributed by atoms with Gasteiger partial charge in [-0.2, -0.15) is 0 Å². The van der Waals surface area contributed by atoms with Gasteiger partial charge in [-0.05, 0) is 50.0 Å². The first-order chi connectivity index (χ1) is 11.0. The highest BCUT2D eigenvalue weighted by Gasteiger charge is 2.29. The highest BCUT2D eigenvalue weighted by molar-refractivity contribution is 4.83. The Labute approximate surface area is 147 Å². The van der Waals surface area contributed by atoms with Crippen molar-refractivity contribution in [3.8, 4) is 0 Å². The van der Waals surface area contributed by atoms with E-state index in [1.807, 2.05) is 0 Å². The molecule has 138 valence electrons. The lowest BCUT2D eigenvalue weighted by Crippen LogP contribution is -2.36. The standard InChI is InChI=1S/C22H45N/c1-5-6-7-8-9-10-11-12-13-14-19-23-21-17-15-20(16-18-21)22(2,3)4/h20-21,23H,5-19H2,1-4H3. The van der Waals surface area contributed by atoms with E-state index in [9.17, 15) is 0 Å². The van der Waals surface area contributed by atoms with Crippen molar-refractivity contribution in [2.75, 3.05) is 6.54 Å². The van der Waals surface area contributed by atoms with E-state index in [1.165, 1.54) is 96.4 Å². The van der Waals surface area contributed by atoms with E-state index in [2.05, 4.69) is 33.0 Å². The van der Waals surface area contributed by atoms with Crippen LogP contribution in [0.2, 0.25) is 0 Å². The molecule has 1 aliphatic carbocycles. The maximum absolute atomic E-state index is 3.82. The summed E-state index contributed by atoms with van der Waals surface area (Å²) in [7, 11) is 0. The molecule has 0 bridgehead atoms. The molecular weight excluding hydrogens is 278 g/mol. The van der Waals surface area contributed by atoms with Crippen LogP contribution in [0.15, 0.2) is 0 Å². The molecule has 0 aromatic carbocycles. The van der Waals surface area contributed by atoms with E-state index in [0.29, 0.717) is 5.41 Å². The molecule has 0 atom stereocenters. The molecule has 23 heavy (non-hydrogen) atoms. The largest absolute Gasteiger partial charge is 0.314 e. The molecule has 0 amide bonds. The van der Waals surface area contributed by atoms with Gasteiger partial charge in [-0.3, -0.25) is 0 Å². The van der Waals surface area contributed by atoms with Gasteiger partial charge in [0.1, 0.15) is 0 Å². The number of hydrogen-bond acceptors (Lipinski definition) is 1. The molecule has 0 heterocycles. The fraction of sp³-hybridized carbons (Fsp3) is 1.00. The molecule has 0 spiro atoms. The van der Waals surface area contributed by atoms with Gasteiger partial charge in [0.05, 0.1) is 0 Å². The SMILES string of the molecule is CCCCCCCCCCCCNC1CCC(C(C)(C)C)CC1. The van der Waals surface area contributed by atoms with Crippen molar-refractivity contribution in [2.45, 2.75) is 124 Å². The zero-order valence-corrected chi connectivity index (χ0v) is 16.8. The van der Waals surface area contributed by atoms with Crippen LogP contribution in [0.25, 0.3) is 0 Å². The molecule has 0 unspecified atom stereocenters. The Kier molecular flexibility index (Phi) is 11.3. The van der Waals surface area contributed by atoms with Crippen LogP contribution in [0, 0.1) is 11.3 Å². The molecule has 1 fully saturated rings. The third-order valence-electron chi connectivity index (χ3n) is 5.92. The highest BCUT2D eigenvalue weighted by Crippen LogP contribution is 2.37. The number of hydrogen-bond donors (Lipinski definition) is 1. The Morgan fingerprint density at radius 1 is 0.696 bits per heavy atom. The zero-order chi connectivity index (χ0) is 17.0. The third-order valence-corrected chi connectivity index (χ3v) is 5.92. The minimum atomic E-state index is 0.515. The predicted octanol–water partition coefficient (Wildman–Crippen LogP) is 7.10. The molecule has 1 saturated carbocycles. The summed E-state index contributed by atoms with van der Waals surface area (Å²) >= 11 is 0. The van der Waals surface area contributed by atoms with Crippen LogP contribution in [0.3, 0.4) is 0 Å². The summed E-state index contributed by atoms with van der Waals surface area (Å²) < 4.78 is 0. The Morgan fingerprint density at radius 2 is 1.17 bits per heavy atom. The van der Waals surface area contributed by atoms with Crippen LogP contribution in [0.4, 0.5) is 0 Å². The smallest absolute Gasteiger partial charge is 0.00672 e. The summed E-state index contributed by atoms with van der Waals surface area (Å²) in [6.45, 7) is 10.8. The van der Waals surface area contributed by atoms with Gasteiger partial charge in [0.15, 0.2) is 0 Å². The Hall–Kier alpha value is -0.0400. The van der Waals surface area contributed by atoms with E-state index < -0.39 is 0 Å². The van der Waals surface area contributed by atoms with Crippen molar-refractivity contribution >= 4 is 0 Å². The second kappa shape index (κ2) is 12.3. The van der Waals surface area contributed by atoms with Gasteiger partial charge >= 0.3 is 0 Å². The van der Waals surface area contributed by atoms with Crippen molar-refractivity contribution in [1.82, 2.24) is 5.32 Å². The fourth-order valence-corrected chi connectivity index (χ4v) is 4.08. The predicted molar refractivity (Wildman–Crippen MR) is 105 cm³/mol. The van der Waals surface area contributed by atoms with Crippen molar-refractivity contribution in [3.05, 3.63) is 0 Å². The second-order valence-corrected chi connectivity index (χ2v) is 9.05. The normalized spacial score (nSPS) is 22.4. The molecule has 1 nitrogen and oxygen atoms in total. The maximum atomic E-state index is 3.82. The number of unbranched alkanes of at least 4 members (excludes halogenated alkanes) is 9. The lowest BCUT2D eigenvalue weighted by atomic mass is 9.71. The summed E-state index contributed by atoms with van der Waals surface area (Å²) in [4.78, 5) is 0. The monoisotopic (exact) mass is 323 g/mol. The van der Waals surface area contributed by atoms with E-state index in [-0.39, 0.29) is 0 Å². The number of nitrogens with one attached hydrogen (secondary N) is 1. The van der Waals surface area contributed by atoms with Gasteiger partial charge in [0.25, 0.3) is 0 Å². The van der Waals surface area contributed by atoms with Crippen molar-refractivity contribution in [3.63, 3.8) is 0 Å². The molecule has 0 radical (unpaired) electrons. The van der Waals surface area contributed by atoms with Gasteiger partial charge in [-0.25, -0.2) is 0 Å². The summed E-state index contributed by atoms with van der Waals surface area (Å²) in [6, 6.07) is 0.812. The molecule has 1 rings (SSSR count). The first-order valence-electron chi connectivity index (χ1n) is 10.8. The first kappa shape index (κ1) is 21.0. The second-order valence-electron chi connectivity index (χ2n) is 9.05. The summed E-state index contributed by atoms with van der Waals surface area (Å²) in [5, 5.41) is 3.82. The first-order valence-corrected chi connectivity index (χ1v) is 10.8. The van der Waals surface area contributed by atoms with E-state index in [1.54, 1.807) is 0 Å². The average molecular weight is 324 g/mol. The molecule has 1 aliphatic rings. The van der Waals surface area contributed by atoms with Crippen molar-refractivity contribution < 1.29 is 0 Å². The quantitative estimate of drug-likeness (QED) is 0.378. The number of rotatable bonds is 12. The minimum Gasteiger partial charge on any atom is -0.314 e. The topological polar surface area (TPSA) is 12.0 Å². The molecule has 0 aliphatic heterocycles. The van der Waals surface area contributed by atoms with Crippen LogP contribution in [-0.2, 0) is 0 Å². The molecule has 0 saturated heterocycles. The average Bonchev–Trinajstić information content (AvgIpc) is 2.52. The molecular formula is C22H45N. The Morgan fingerprint density at radius 3 is 1.65 bits per heavy atom. The highest BCUT2D eigenvalue weighted by atomic mass is 14.9. The van der Waals surface area contributed by atoms with E-state index in [4.69, 9.17) is 0 Å². The van der Waals surface area contributed by atoms with Gasteiger partial charge in [-0.1, -0.05) is 85.5 Å². The minimum absolute atomic E-state index is 0.515. The molecule has 1 heteroatoms. The van der Waals surface area contributed by atoms with Crippen LogP contribution in [0.1, 0.15) is 118 Å². The van der Waals surface area contributed by atoms with E-state index in [0.717, 1.165) is 12.0 Å². The Balaban J connectivity index is 1.85. The molecule has 0 aromatic heterocycles. The summed E-state index contributed by atoms with van der Waals surface area (Å²) in [5.74, 6) is 0.942. The fourth-order valence-electron chi connectivity index (χ4n) is 4.08. The third kappa shape index (κ3) is 10.4. The summed E-state index contributed by atoms with van der Waals surface area (Å²) in [6.07, 6.45) is 20.0. The van der Waals surface area contributed by atoms with Crippen LogP contribution in [0.5, 0.6) is 0 Å². The lowest BCUT2D eigenvalue weighted by Gasteiger charge is -2.37. The Bertz CT molecular complexity index is 258. The van der Waals surface area contributed by atoms with Crippen molar-refractivity contribution in [2.24, 2.45) is 11.3 Å².